The molecular formula is C19H25N3O. The predicted molar refractivity (Wildman–Crippen MR) is 92.7 cm³/mol. The highest BCUT2D eigenvalue weighted by molar-refractivity contribution is 5.30. The van der Waals surface area contributed by atoms with Crippen molar-refractivity contribution in [3.05, 3.63) is 62.3 Å². The summed E-state index contributed by atoms with van der Waals surface area (Å²) in [7, 11) is 0. The normalized spacial score (nSPS) is 15.0. The van der Waals surface area contributed by atoms with Gasteiger partial charge in [0.05, 0.1) is 11.3 Å². The van der Waals surface area contributed by atoms with E-state index in [-0.39, 0.29) is 11.5 Å². The van der Waals surface area contributed by atoms with Gasteiger partial charge in [0.25, 0.3) is 5.56 Å². The van der Waals surface area contributed by atoms with Crippen LogP contribution in [-0.4, -0.2) is 21.4 Å². The Kier molecular flexibility index (Phi) is 4.35. The topological polar surface area (TPSA) is 49.0 Å². The zero-order valence-electron chi connectivity index (χ0n) is 14.4. The summed E-state index contributed by atoms with van der Waals surface area (Å²) in [5, 5.41) is 0. The number of hydrogen-bond acceptors (Lipinski definition) is 3. The summed E-state index contributed by atoms with van der Waals surface area (Å²) in [6, 6.07) is 6.60. The summed E-state index contributed by atoms with van der Waals surface area (Å²) < 4.78 is 0. The highest BCUT2D eigenvalue weighted by Crippen LogP contribution is 2.19. The lowest BCUT2D eigenvalue weighted by Crippen LogP contribution is -2.36. The number of fused-ring (bicyclic) bond motifs is 1. The first-order valence-corrected chi connectivity index (χ1v) is 8.34. The molecule has 1 aromatic heterocycles. The molecule has 2 aromatic rings. The minimum atomic E-state index is 0.0310. The molecule has 4 heteroatoms. The van der Waals surface area contributed by atoms with Crippen LogP contribution in [0.15, 0.2) is 23.0 Å². The average Bonchev–Trinajstić information content (AvgIpc) is 2.51. The SMILES string of the molecule is Cc1ccc(CN2CCc3nc(C(C)C)[nH]c(=O)c3C2)cc1C. The molecule has 2 heterocycles. The monoisotopic (exact) mass is 311 g/mol. The second-order valence-electron chi connectivity index (χ2n) is 6.91. The Morgan fingerprint density at radius 3 is 2.74 bits per heavy atom. The van der Waals surface area contributed by atoms with Crippen LogP contribution in [0.5, 0.6) is 0 Å². The minimum absolute atomic E-state index is 0.0310. The number of aryl methyl sites for hydroxylation is 2. The second-order valence-corrected chi connectivity index (χ2v) is 6.91. The molecule has 1 aromatic carbocycles. The summed E-state index contributed by atoms with van der Waals surface area (Å²) in [6.07, 6.45) is 0.851. The summed E-state index contributed by atoms with van der Waals surface area (Å²) >= 11 is 0. The molecule has 0 fully saturated rings. The first-order valence-electron chi connectivity index (χ1n) is 8.34. The predicted octanol–water partition coefficient (Wildman–Crippen LogP) is 3.07. The van der Waals surface area contributed by atoms with Crippen LogP contribution in [0.2, 0.25) is 0 Å². The summed E-state index contributed by atoms with van der Waals surface area (Å²) in [6.45, 7) is 10.9. The fraction of sp³-hybridized carbons (Fsp3) is 0.474. The minimum Gasteiger partial charge on any atom is -0.310 e. The van der Waals surface area contributed by atoms with Crippen molar-refractivity contribution in [2.75, 3.05) is 6.54 Å². The van der Waals surface area contributed by atoms with Gasteiger partial charge in [-0.3, -0.25) is 9.69 Å². The van der Waals surface area contributed by atoms with Crippen molar-refractivity contribution in [1.82, 2.24) is 14.9 Å². The van der Waals surface area contributed by atoms with Crippen LogP contribution < -0.4 is 5.56 Å². The van der Waals surface area contributed by atoms with Crippen LogP contribution in [-0.2, 0) is 19.5 Å². The van der Waals surface area contributed by atoms with Crippen molar-refractivity contribution in [2.24, 2.45) is 0 Å². The Labute approximate surface area is 137 Å². The van der Waals surface area contributed by atoms with E-state index in [2.05, 4.69) is 60.8 Å². The number of H-pyrrole nitrogens is 1. The van der Waals surface area contributed by atoms with Crippen LogP contribution in [0.4, 0.5) is 0 Å². The molecule has 0 radical (unpaired) electrons. The van der Waals surface area contributed by atoms with Gasteiger partial charge in [-0.2, -0.15) is 0 Å². The molecule has 0 spiro atoms. The molecule has 1 aliphatic rings. The lowest BCUT2D eigenvalue weighted by molar-refractivity contribution is 0.241. The van der Waals surface area contributed by atoms with E-state index in [0.717, 1.165) is 36.6 Å². The number of hydrogen-bond donors (Lipinski definition) is 1. The van der Waals surface area contributed by atoms with Gasteiger partial charge in [-0.25, -0.2) is 4.98 Å². The van der Waals surface area contributed by atoms with E-state index >= 15 is 0 Å². The smallest absolute Gasteiger partial charge is 0.255 e. The Morgan fingerprint density at radius 1 is 1.26 bits per heavy atom. The van der Waals surface area contributed by atoms with E-state index in [4.69, 9.17) is 0 Å². The van der Waals surface area contributed by atoms with Crippen molar-refractivity contribution in [2.45, 2.75) is 53.1 Å². The van der Waals surface area contributed by atoms with Gasteiger partial charge in [0.15, 0.2) is 0 Å². The lowest BCUT2D eigenvalue weighted by atomic mass is 10.0. The average molecular weight is 311 g/mol. The van der Waals surface area contributed by atoms with E-state index in [1.807, 2.05) is 0 Å². The molecule has 0 saturated carbocycles. The van der Waals surface area contributed by atoms with E-state index in [1.54, 1.807) is 0 Å². The molecule has 0 saturated heterocycles. The number of aromatic amines is 1. The summed E-state index contributed by atoms with van der Waals surface area (Å²) in [4.78, 5) is 22.3. The molecule has 23 heavy (non-hydrogen) atoms. The van der Waals surface area contributed by atoms with Gasteiger partial charge in [-0.15, -0.1) is 0 Å². The van der Waals surface area contributed by atoms with Gasteiger partial charge in [0.1, 0.15) is 5.82 Å². The first-order chi connectivity index (χ1) is 10.9. The molecule has 0 bridgehead atoms. The van der Waals surface area contributed by atoms with Crippen molar-refractivity contribution < 1.29 is 0 Å². The standard InChI is InChI=1S/C19H25N3O/c1-12(2)18-20-17-7-8-22(11-16(17)19(23)21-18)10-15-6-5-13(3)14(4)9-15/h5-6,9,12H,7-8,10-11H2,1-4H3,(H,20,21,23). The van der Waals surface area contributed by atoms with Crippen molar-refractivity contribution in [3.63, 3.8) is 0 Å². The first kappa shape index (κ1) is 15.9. The number of aromatic nitrogens is 2. The largest absolute Gasteiger partial charge is 0.310 e. The summed E-state index contributed by atoms with van der Waals surface area (Å²) in [5.74, 6) is 1.05. The van der Waals surface area contributed by atoms with E-state index < -0.39 is 0 Å². The van der Waals surface area contributed by atoms with Crippen LogP contribution in [0.3, 0.4) is 0 Å². The Morgan fingerprint density at radius 2 is 2.04 bits per heavy atom. The van der Waals surface area contributed by atoms with Crippen LogP contribution in [0.1, 0.15) is 53.5 Å². The number of benzene rings is 1. The maximum atomic E-state index is 12.4. The Hall–Kier alpha value is -1.94. The van der Waals surface area contributed by atoms with Crippen molar-refractivity contribution in [3.8, 4) is 0 Å². The van der Waals surface area contributed by atoms with Crippen molar-refractivity contribution in [1.29, 1.82) is 0 Å². The molecule has 122 valence electrons. The molecule has 0 unspecified atom stereocenters. The van der Waals surface area contributed by atoms with Crippen molar-refractivity contribution >= 4 is 0 Å². The number of nitrogens with zero attached hydrogens (tertiary/aromatic N) is 2. The molecular weight excluding hydrogens is 286 g/mol. The van der Waals surface area contributed by atoms with E-state index in [9.17, 15) is 4.79 Å². The zero-order chi connectivity index (χ0) is 16.6. The zero-order valence-corrected chi connectivity index (χ0v) is 14.4. The van der Waals surface area contributed by atoms with Crippen LogP contribution in [0, 0.1) is 13.8 Å². The molecule has 1 N–H and O–H groups in total. The highest BCUT2D eigenvalue weighted by atomic mass is 16.1. The molecule has 0 amide bonds. The Bertz CT molecular complexity index is 777. The quantitative estimate of drug-likeness (QED) is 0.947. The molecule has 0 atom stereocenters. The third-order valence-electron chi connectivity index (χ3n) is 4.69. The fourth-order valence-corrected chi connectivity index (χ4v) is 3.07. The van der Waals surface area contributed by atoms with Gasteiger partial charge in [0.2, 0.25) is 0 Å². The third kappa shape index (κ3) is 3.37. The van der Waals surface area contributed by atoms with Gasteiger partial charge in [0, 0.05) is 32.0 Å². The maximum absolute atomic E-state index is 12.4. The molecule has 0 aliphatic carbocycles. The van der Waals surface area contributed by atoms with Gasteiger partial charge in [-0.1, -0.05) is 32.0 Å². The van der Waals surface area contributed by atoms with Gasteiger partial charge >= 0.3 is 0 Å². The van der Waals surface area contributed by atoms with Crippen LogP contribution in [0.25, 0.3) is 0 Å². The molecule has 4 nitrogen and oxygen atoms in total. The highest BCUT2D eigenvalue weighted by Gasteiger charge is 2.21. The molecule has 3 rings (SSSR count). The third-order valence-corrected chi connectivity index (χ3v) is 4.69. The fourth-order valence-electron chi connectivity index (χ4n) is 3.07. The number of rotatable bonds is 3. The van der Waals surface area contributed by atoms with Crippen LogP contribution >= 0.6 is 0 Å². The maximum Gasteiger partial charge on any atom is 0.255 e. The van der Waals surface area contributed by atoms with E-state index in [0.29, 0.717) is 6.54 Å². The second kappa shape index (κ2) is 6.28. The number of nitrogens with one attached hydrogen (secondary N) is 1. The molecule has 1 aliphatic heterocycles. The summed E-state index contributed by atoms with van der Waals surface area (Å²) in [5.41, 5.74) is 5.79. The van der Waals surface area contributed by atoms with Gasteiger partial charge < -0.3 is 4.98 Å². The Balaban J connectivity index is 1.80. The van der Waals surface area contributed by atoms with E-state index in [1.165, 1.54) is 16.7 Å². The van der Waals surface area contributed by atoms with Gasteiger partial charge in [-0.05, 0) is 30.5 Å². The lowest BCUT2D eigenvalue weighted by Gasteiger charge is -2.28.